The van der Waals surface area contributed by atoms with Crippen molar-refractivity contribution in [3.63, 3.8) is 0 Å². The van der Waals surface area contributed by atoms with Crippen LogP contribution in [0.1, 0.15) is 23.1 Å². The van der Waals surface area contributed by atoms with Gasteiger partial charge in [-0.1, -0.05) is 36.4 Å². The smallest absolute Gasteiger partial charge is 0.107 e. The van der Waals surface area contributed by atoms with Crippen LogP contribution in [0.4, 0.5) is 0 Å². The van der Waals surface area contributed by atoms with Gasteiger partial charge in [0, 0.05) is 31.5 Å². The molecule has 0 aliphatic rings. The highest BCUT2D eigenvalue weighted by atomic mass is 32.1. The number of nitrogens with zero attached hydrogens (tertiary/aromatic N) is 4. The Hall–Kier alpha value is -2.70. The zero-order chi connectivity index (χ0) is 19.2. The normalized spacial score (nSPS) is 11.2. The molecule has 0 bridgehead atoms. The lowest BCUT2D eigenvalue weighted by Gasteiger charge is -2.04. The summed E-state index contributed by atoms with van der Waals surface area (Å²) in [6.45, 7) is 2.60. The van der Waals surface area contributed by atoms with Gasteiger partial charge in [0.2, 0.25) is 0 Å². The van der Waals surface area contributed by atoms with Crippen LogP contribution in [0.2, 0.25) is 0 Å². The topological polar surface area (TPSA) is 47.7 Å². The molecular weight excluding hydrogens is 366 g/mol. The van der Waals surface area contributed by atoms with E-state index < -0.39 is 0 Å². The van der Waals surface area contributed by atoms with Gasteiger partial charge in [0.1, 0.15) is 5.69 Å². The summed E-state index contributed by atoms with van der Waals surface area (Å²) in [4.78, 5) is 1.22. The molecule has 5 nitrogen and oxygen atoms in total. The second kappa shape index (κ2) is 8.99. The lowest BCUT2D eigenvalue weighted by molar-refractivity contribution is 0.647. The molecule has 1 aromatic carbocycles. The maximum Gasteiger partial charge on any atom is 0.107 e. The third-order valence-corrected chi connectivity index (χ3v) is 5.55. The molecule has 0 aliphatic heterocycles. The highest BCUT2D eigenvalue weighted by Gasteiger charge is 2.12. The Morgan fingerprint density at radius 2 is 1.93 bits per heavy atom. The van der Waals surface area contributed by atoms with E-state index in [1.807, 2.05) is 24.0 Å². The summed E-state index contributed by atoms with van der Waals surface area (Å²) in [5.41, 5.74) is 4.89. The van der Waals surface area contributed by atoms with Crippen LogP contribution < -0.4 is 5.32 Å². The first-order chi connectivity index (χ1) is 13.8. The van der Waals surface area contributed by atoms with Gasteiger partial charge in [-0.2, -0.15) is 10.2 Å². The van der Waals surface area contributed by atoms with Gasteiger partial charge < -0.3 is 5.32 Å². The van der Waals surface area contributed by atoms with Crippen molar-refractivity contribution in [1.82, 2.24) is 24.9 Å². The van der Waals surface area contributed by atoms with Crippen LogP contribution in [-0.2, 0) is 26.6 Å². The van der Waals surface area contributed by atoms with Gasteiger partial charge in [0.05, 0.1) is 17.6 Å². The van der Waals surface area contributed by atoms with E-state index in [0.29, 0.717) is 0 Å². The van der Waals surface area contributed by atoms with Crippen LogP contribution in [0.5, 0.6) is 0 Å². The predicted octanol–water partition coefficient (Wildman–Crippen LogP) is 4.12. The van der Waals surface area contributed by atoms with E-state index in [9.17, 15) is 0 Å². The molecule has 28 heavy (non-hydrogen) atoms. The highest BCUT2D eigenvalue weighted by Crippen LogP contribution is 2.27. The number of aromatic nitrogens is 4. The molecule has 0 fully saturated rings. The minimum Gasteiger partial charge on any atom is -0.313 e. The first kappa shape index (κ1) is 18.7. The van der Waals surface area contributed by atoms with E-state index in [1.165, 1.54) is 21.6 Å². The predicted molar refractivity (Wildman–Crippen MR) is 114 cm³/mol. The van der Waals surface area contributed by atoms with E-state index >= 15 is 0 Å². The Kier molecular flexibility index (Phi) is 5.99. The van der Waals surface area contributed by atoms with E-state index in [4.69, 9.17) is 5.10 Å². The fourth-order valence-corrected chi connectivity index (χ4v) is 4.05. The fraction of sp³-hybridized carbons (Fsp3) is 0.273. The van der Waals surface area contributed by atoms with Crippen molar-refractivity contribution in [2.24, 2.45) is 7.05 Å². The number of aryl methyl sites for hydroxylation is 2. The SMILES string of the molecule is Cn1cc(CCCNCc2cn(Cc3ccccc3)nc2-c2cccs2)cn1. The second-order valence-corrected chi connectivity index (χ2v) is 7.91. The van der Waals surface area contributed by atoms with Crippen molar-refractivity contribution < 1.29 is 0 Å². The molecule has 4 rings (SSSR count). The number of benzene rings is 1. The fourth-order valence-electron chi connectivity index (χ4n) is 3.31. The van der Waals surface area contributed by atoms with Crippen molar-refractivity contribution in [3.05, 3.63) is 83.1 Å². The molecule has 0 saturated carbocycles. The largest absolute Gasteiger partial charge is 0.313 e. The Morgan fingerprint density at radius 1 is 1.04 bits per heavy atom. The molecule has 0 aliphatic carbocycles. The molecule has 144 valence electrons. The summed E-state index contributed by atoms with van der Waals surface area (Å²) in [7, 11) is 1.96. The molecular formula is C22H25N5S. The maximum absolute atomic E-state index is 4.87. The summed E-state index contributed by atoms with van der Waals surface area (Å²) in [6, 6.07) is 14.7. The molecule has 0 atom stereocenters. The highest BCUT2D eigenvalue weighted by molar-refractivity contribution is 7.13. The van der Waals surface area contributed by atoms with Crippen LogP contribution in [0.25, 0.3) is 10.6 Å². The van der Waals surface area contributed by atoms with Crippen molar-refractivity contribution in [2.75, 3.05) is 6.54 Å². The van der Waals surface area contributed by atoms with Crippen LogP contribution >= 0.6 is 11.3 Å². The summed E-state index contributed by atoms with van der Waals surface area (Å²) >= 11 is 1.74. The molecule has 0 saturated heterocycles. The van der Waals surface area contributed by atoms with Gasteiger partial charge in [-0.3, -0.25) is 9.36 Å². The van der Waals surface area contributed by atoms with Crippen molar-refractivity contribution in [2.45, 2.75) is 25.9 Å². The lowest BCUT2D eigenvalue weighted by atomic mass is 10.2. The second-order valence-electron chi connectivity index (χ2n) is 6.97. The Labute approximate surface area is 169 Å². The molecule has 0 amide bonds. The molecule has 0 radical (unpaired) electrons. The minimum atomic E-state index is 0.792. The molecule has 6 heteroatoms. The third kappa shape index (κ3) is 4.77. The van der Waals surface area contributed by atoms with E-state index in [1.54, 1.807) is 11.3 Å². The Balaban J connectivity index is 1.38. The van der Waals surface area contributed by atoms with Crippen molar-refractivity contribution in [3.8, 4) is 10.6 Å². The number of nitrogens with one attached hydrogen (secondary N) is 1. The minimum absolute atomic E-state index is 0.792. The summed E-state index contributed by atoms with van der Waals surface area (Å²) in [6.07, 6.45) is 8.35. The zero-order valence-electron chi connectivity index (χ0n) is 16.1. The quantitative estimate of drug-likeness (QED) is 0.437. The van der Waals surface area contributed by atoms with Crippen molar-refractivity contribution >= 4 is 11.3 Å². The van der Waals surface area contributed by atoms with Crippen LogP contribution in [-0.4, -0.2) is 26.1 Å². The summed E-state index contributed by atoms with van der Waals surface area (Å²) < 4.78 is 3.91. The standard InChI is InChI=1S/C22H25N5S/c1-26-15-19(13-24-26)9-5-11-23-14-20-17-27(16-18-7-3-2-4-8-18)25-22(20)21-10-6-12-28-21/h2-4,6-8,10,12-13,15,17,23H,5,9,11,14,16H2,1H3. The van der Waals surface area contributed by atoms with Crippen molar-refractivity contribution in [1.29, 1.82) is 0 Å². The molecule has 1 N–H and O–H groups in total. The first-order valence-corrected chi connectivity index (χ1v) is 10.5. The van der Waals surface area contributed by atoms with E-state index in [-0.39, 0.29) is 0 Å². The van der Waals surface area contributed by atoms with Gasteiger partial charge in [-0.15, -0.1) is 11.3 Å². The first-order valence-electron chi connectivity index (χ1n) is 9.60. The average molecular weight is 392 g/mol. The third-order valence-electron chi connectivity index (χ3n) is 4.67. The zero-order valence-corrected chi connectivity index (χ0v) is 16.9. The number of hydrogen-bond donors (Lipinski definition) is 1. The maximum atomic E-state index is 4.87. The van der Waals surface area contributed by atoms with E-state index in [0.717, 1.165) is 38.2 Å². The lowest BCUT2D eigenvalue weighted by Crippen LogP contribution is -2.15. The average Bonchev–Trinajstić information content (AvgIpc) is 3.44. The molecule has 0 spiro atoms. The molecule has 4 aromatic rings. The van der Waals surface area contributed by atoms with Gasteiger partial charge in [0.15, 0.2) is 0 Å². The van der Waals surface area contributed by atoms with Gasteiger partial charge in [0.25, 0.3) is 0 Å². The molecule has 3 aromatic heterocycles. The van der Waals surface area contributed by atoms with Gasteiger partial charge >= 0.3 is 0 Å². The number of hydrogen-bond acceptors (Lipinski definition) is 4. The van der Waals surface area contributed by atoms with Gasteiger partial charge in [-0.25, -0.2) is 0 Å². The monoisotopic (exact) mass is 391 g/mol. The summed E-state index contributed by atoms with van der Waals surface area (Å²) in [5, 5.41) is 14.8. The number of rotatable bonds is 9. The van der Waals surface area contributed by atoms with E-state index in [2.05, 4.69) is 69.3 Å². The van der Waals surface area contributed by atoms with Crippen LogP contribution in [0.15, 0.2) is 66.4 Å². The molecule has 3 heterocycles. The molecule has 0 unspecified atom stereocenters. The van der Waals surface area contributed by atoms with Crippen LogP contribution in [0.3, 0.4) is 0 Å². The number of thiophene rings is 1. The van der Waals surface area contributed by atoms with Crippen LogP contribution in [0, 0.1) is 0 Å². The van der Waals surface area contributed by atoms with Gasteiger partial charge in [-0.05, 0) is 42.0 Å². The summed E-state index contributed by atoms with van der Waals surface area (Å²) in [5.74, 6) is 0. The Bertz CT molecular complexity index is 985. The Morgan fingerprint density at radius 3 is 2.68 bits per heavy atom.